The molecule has 4 aromatic carbocycles. The maximum absolute atomic E-state index is 16.0. The van der Waals surface area contributed by atoms with Crippen molar-refractivity contribution >= 4 is 0 Å². The number of aliphatic hydroxyl groups excluding tert-OH is 1. The average molecular weight is 543 g/mol. The summed E-state index contributed by atoms with van der Waals surface area (Å²) in [7, 11) is 0. The molecule has 0 saturated heterocycles. The molecule has 1 aliphatic carbocycles. The molecule has 0 unspecified atom stereocenters. The normalized spacial score (nSPS) is 24.6. The molecule has 0 aromatic heterocycles. The lowest BCUT2D eigenvalue weighted by Crippen LogP contribution is -2.65. The van der Waals surface area contributed by atoms with E-state index in [4.69, 9.17) is 18.9 Å². The molecule has 1 fully saturated rings. The highest BCUT2D eigenvalue weighted by Gasteiger charge is 2.53. The summed E-state index contributed by atoms with van der Waals surface area (Å²) < 4.78 is 41.2. The van der Waals surface area contributed by atoms with Gasteiger partial charge in [0, 0.05) is 0 Å². The van der Waals surface area contributed by atoms with Gasteiger partial charge in [-0.15, -0.1) is 0 Å². The van der Waals surface area contributed by atoms with Gasteiger partial charge in [-0.1, -0.05) is 121 Å². The van der Waals surface area contributed by atoms with Crippen molar-refractivity contribution in [1.82, 2.24) is 0 Å². The second-order valence-electron chi connectivity index (χ2n) is 9.98. The fraction of sp³-hybridized carbons (Fsp3) is 0.294. The molecule has 1 aliphatic rings. The summed E-state index contributed by atoms with van der Waals surface area (Å²) in [5.41, 5.74) is 3.70. The minimum absolute atomic E-state index is 0.171. The summed E-state index contributed by atoms with van der Waals surface area (Å²) in [5.74, 6) is 0. The number of ether oxygens (including phenoxy) is 4. The first-order valence-corrected chi connectivity index (χ1v) is 13.6. The van der Waals surface area contributed by atoms with Crippen molar-refractivity contribution in [2.45, 2.75) is 63.1 Å². The summed E-state index contributed by atoms with van der Waals surface area (Å²) in [6.07, 6.45) is -6.90. The van der Waals surface area contributed by atoms with Crippen molar-refractivity contribution in [2.24, 2.45) is 0 Å². The van der Waals surface area contributed by atoms with E-state index >= 15 is 4.39 Å². The zero-order valence-electron chi connectivity index (χ0n) is 22.3. The minimum Gasteiger partial charge on any atom is -0.387 e. The highest BCUT2D eigenvalue weighted by molar-refractivity contribution is 5.17. The van der Waals surface area contributed by atoms with Crippen molar-refractivity contribution < 1.29 is 28.4 Å². The third kappa shape index (κ3) is 7.42. The predicted octanol–water partition coefficient (Wildman–Crippen LogP) is 6.04. The molecule has 1 saturated carbocycles. The molecule has 0 heterocycles. The Morgan fingerprint density at radius 3 is 1.05 bits per heavy atom. The topological polar surface area (TPSA) is 57.2 Å². The van der Waals surface area contributed by atoms with Gasteiger partial charge in [0.15, 0.2) is 6.17 Å². The van der Waals surface area contributed by atoms with Crippen LogP contribution >= 0.6 is 0 Å². The smallest absolute Gasteiger partial charge is 0.157 e. The summed E-state index contributed by atoms with van der Waals surface area (Å²) in [5, 5.41) is 11.2. The number of hydrogen-bond acceptors (Lipinski definition) is 5. The van der Waals surface area contributed by atoms with Crippen LogP contribution in [-0.4, -0.2) is 41.8 Å². The Balaban J connectivity index is 1.42. The molecule has 208 valence electrons. The van der Waals surface area contributed by atoms with Crippen molar-refractivity contribution in [3.8, 4) is 0 Å². The van der Waals surface area contributed by atoms with Crippen LogP contribution in [0.25, 0.3) is 0 Å². The molecule has 0 bridgehead atoms. The summed E-state index contributed by atoms with van der Waals surface area (Å²) >= 11 is 0. The first-order chi connectivity index (χ1) is 19.7. The summed E-state index contributed by atoms with van der Waals surface area (Å²) in [6.45, 7) is 0.847. The molecule has 0 radical (unpaired) electrons. The number of halogens is 1. The fourth-order valence-corrected chi connectivity index (χ4v) is 4.95. The van der Waals surface area contributed by atoms with E-state index in [1.54, 1.807) is 0 Å². The molecule has 6 heteroatoms. The molecule has 4 aromatic rings. The van der Waals surface area contributed by atoms with E-state index in [2.05, 4.69) is 0 Å². The molecule has 1 N–H and O–H groups in total. The summed E-state index contributed by atoms with van der Waals surface area (Å²) in [4.78, 5) is 0. The third-order valence-electron chi connectivity index (χ3n) is 7.09. The first-order valence-electron chi connectivity index (χ1n) is 13.6. The molecular formula is C34H35FO5. The van der Waals surface area contributed by atoms with Crippen LogP contribution < -0.4 is 0 Å². The predicted molar refractivity (Wildman–Crippen MR) is 151 cm³/mol. The Labute approximate surface area is 235 Å². The molecule has 0 aliphatic heterocycles. The van der Waals surface area contributed by atoms with Crippen LogP contribution in [0.5, 0.6) is 0 Å². The zero-order valence-corrected chi connectivity index (χ0v) is 22.3. The van der Waals surface area contributed by atoms with Gasteiger partial charge in [0.05, 0.1) is 26.4 Å². The van der Waals surface area contributed by atoms with Gasteiger partial charge < -0.3 is 24.1 Å². The van der Waals surface area contributed by atoms with E-state index in [1.807, 2.05) is 121 Å². The van der Waals surface area contributed by atoms with Crippen LogP contribution in [-0.2, 0) is 45.4 Å². The van der Waals surface area contributed by atoms with E-state index < -0.39 is 36.7 Å². The average Bonchev–Trinajstić information content (AvgIpc) is 3.01. The van der Waals surface area contributed by atoms with E-state index in [0.717, 1.165) is 22.3 Å². The van der Waals surface area contributed by atoms with Crippen LogP contribution in [0.4, 0.5) is 4.39 Å². The Hall–Kier alpha value is -3.39. The van der Waals surface area contributed by atoms with E-state index in [9.17, 15) is 5.11 Å². The molecule has 0 amide bonds. The Kier molecular flexibility index (Phi) is 10.1. The van der Waals surface area contributed by atoms with Gasteiger partial charge in [-0.25, -0.2) is 4.39 Å². The Morgan fingerprint density at radius 2 is 0.700 bits per heavy atom. The second kappa shape index (κ2) is 14.3. The van der Waals surface area contributed by atoms with Crippen LogP contribution in [0, 0.1) is 0 Å². The standard InChI is InChI=1S/C34H35FO5/c35-29-30(36)32(38-22-26-15-7-2-8-16-26)34(40-24-28-19-11-4-12-20-28)33(39-23-27-17-9-3-10-18-27)31(29)37-21-25-13-5-1-6-14-25/h1-20,29-34,36H,21-24H2/t29-,30+,31+,32+,33-,34-/m1/s1. The number of aliphatic hydroxyl groups is 1. The van der Waals surface area contributed by atoms with Crippen molar-refractivity contribution in [2.75, 3.05) is 0 Å². The van der Waals surface area contributed by atoms with Gasteiger partial charge in [0.2, 0.25) is 0 Å². The van der Waals surface area contributed by atoms with E-state index in [-0.39, 0.29) is 26.4 Å². The molecule has 40 heavy (non-hydrogen) atoms. The number of benzene rings is 4. The van der Waals surface area contributed by atoms with E-state index in [1.165, 1.54) is 0 Å². The third-order valence-corrected chi connectivity index (χ3v) is 7.09. The minimum atomic E-state index is -1.75. The highest BCUT2D eigenvalue weighted by Crippen LogP contribution is 2.34. The van der Waals surface area contributed by atoms with Crippen LogP contribution in [0.2, 0.25) is 0 Å². The molecule has 5 nitrogen and oxygen atoms in total. The molecule has 6 atom stereocenters. The lowest BCUT2D eigenvalue weighted by molar-refractivity contribution is -0.262. The monoisotopic (exact) mass is 542 g/mol. The fourth-order valence-electron chi connectivity index (χ4n) is 4.95. The van der Waals surface area contributed by atoms with Crippen molar-refractivity contribution in [3.63, 3.8) is 0 Å². The highest BCUT2D eigenvalue weighted by atomic mass is 19.1. The largest absolute Gasteiger partial charge is 0.387 e. The van der Waals surface area contributed by atoms with Gasteiger partial charge in [-0.3, -0.25) is 0 Å². The Morgan fingerprint density at radius 1 is 0.425 bits per heavy atom. The maximum atomic E-state index is 16.0. The summed E-state index contributed by atoms with van der Waals surface area (Å²) in [6, 6.07) is 38.6. The van der Waals surface area contributed by atoms with Crippen LogP contribution in [0.1, 0.15) is 22.3 Å². The van der Waals surface area contributed by atoms with E-state index in [0.29, 0.717) is 0 Å². The number of alkyl halides is 1. The maximum Gasteiger partial charge on any atom is 0.157 e. The first kappa shape index (κ1) is 28.1. The lowest BCUT2D eigenvalue weighted by Gasteiger charge is -2.46. The SMILES string of the molecule is O[C@H]1[C@@H](F)[C@H](OCc2ccccc2)[C@@H](OCc2ccccc2)[C@H](OCc2ccccc2)[C@H]1OCc1ccccc1. The van der Waals surface area contributed by atoms with Crippen molar-refractivity contribution in [1.29, 1.82) is 0 Å². The number of rotatable bonds is 12. The molecule has 0 spiro atoms. The van der Waals surface area contributed by atoms with Gasteiger partial charge in [0.1, 0.15) is 30.5 Å². The lowest BCUT2D eigenvalue weighted by atomic mass is 9.84. The quantitative estimate of drug-likeness (QED) is 0.237. The van der Waals surface area contributed by atoms with Gasteiger partial charge in [-0.2, -0.15) is 0 Å². The van der Waals surface area contributed by atoms with Gasteiger partial charge in [0.25, 0.3) is 0 Å². The molecular weight excluding hydrogens is 507 g/mol. The van der Waals surface area contributed by atoms with Gasteiger partial charge >= 0.3 is 0 Å². The van der Waals surface area contributed by atoms with Crippen LogP contribution in [0.3, 0.4) is 0 Å². The molecule has 5 rings (SSSR count). The van der Waals surface area contributed by atoms with Gasteiger partial charge in [-0.05, 0) is 22.3 Å². The number of hydrogen-bond donors (Lipinski definition) is 1. The van der Waals surface area contributed by atoms with Crippen molar-refractivity contribution in [3.05, 3.63) is 144 Å². The Bertz CT molecular complexity index is 1160. The second-order valence-corrected chi connectivity index (χ2v) is 9.98. The zero-order chi connectivity index (χ0) is 27.6. The van der Waals surface area contributed by atoms with Crippen LogP contribution in [0.15, 0.2) is 121 Å².